The maximum atomic E-state index is 13.5. The molecule has 9 heteroatoms. The normalized spacial score (nSPS) is 22.6. The van der Waals surface area contributed by atoms with E-state index in [9.17, 15) is 9.59 Å². The number of amides is 2. The predicted octanol–water partition coefficient (Wildman–Crippen LogP) is 5.11. The van der Waals surface area contributed by atoms with Crippen molar-refractivity contribution < 1.29 is 9.59 Å². The van der Waals surface area contributed by atoms with Crippen molar-refractivity contribution in [2.75, 3.05) is 11.9 Å². The summed E-state index contributed by atoms with van der Waals surface area (Å²) in [7, 11) is 2.05. The molecule has 3 N–H and O–H groups in total. The molecule has 2 saturated carbocycles. The fourth-order valence-electron chi connectivity index (χ4n) is 7.77. The quantitative estimate of drug-likeness (QED) is 0.298. The molecule has 2 aliphatic carbocycles. The molecule has 3 fully saturated rings. The summed E-state index contributed by atoms with van der Waals surface area (Å²) in [6, 6.07) is 18.8. The summed E-state index contributed by atoms with van der Waals surface area (Å²) < 4.78 is 4.47. The molecule has 0 unspecified atom stereocenters. The van der Waals surface area contributed by atoms with Gasteiger partial charge in [-0.1, -0.05) is 6.07 Å². The van der Waals surface area contributed by atoms with Crippen LogP contribution < -0.4 is 11.1 Å². The Morgan fingerprint density at radius 1 is 1.00 bits per heavy atom. The summed E-state index contributed by atoms with van der Waals surface area (Å²) in [6.45, 7) is 1.66. The first kappa shape index (κ1) is 25.9. The molecular formula is C35H35N7O2. The van der Waals surface area contributed by atoms with Gasteiger partial charge in [0.05, 0.1) is 22.4 Å². The van der Waals surface area contributed by atoms with Gasteiger partial charge in [0.2, 0.25) is 5.91 Å². The Labute approximate surface area is 255 Å². The molecule has 44 heavy (non-hydrogen) atoms. The lowest BCUT2D eigenvalue weighted by Gasteiger charge is -2.27. The Morgan fingerprint density at radius 2 is 1.89 bits per heavy atom. The maximum absolute atomic E-state index is 13.5. The van der Waals surface area contributed by atoms with Crippen LogP contribution in [0.5, 0.6) is 0 Å². The number of anilines is 1. The van der Waals surface area contributed by atoms with Gasteiger partial charge in [-0.3, -0.25) is 9.59 Å². The molecule has 5 aromatic rings. The fraction of sp³-hybridized carbons (Fsp3) is 0.371. The van der Waals surface area contributed by atoms with E-state index < -0.39 is 0 Å². The Kier molecular flexibility index (Phi) is 5.60. The summed E-state index contributed by atoms with van der Waals surface area (Å²) in [6.07, 6.45) is 5.83. The van der Waals surface area contributed by atoms with E-state index in [1.54, 1.807) is 0 Å². The zero-order valence-electron chi connectivity index (χ0n) is 24.8. The van der Waals surface area contributed by atoms with E-state index in [0.717, 1.165) is 88.4 Å². The highest BCUT2D eigenvalue weighted by molar-refractivity contribution is 5.99. The summed E-state index contributed by atoms with van der Waals surface area (Å²) in [4.78, 5) is 37.7. The van der Waals surface area contributed by atoms with Crippen molar-refractivity contribution in [1.82, 2.24) is 24.0 Å². The smallest absolute Gasteiger partial charge is 0.254 e. The van der Waals surface area contributed by atoms with Crippen LogP contribution in [0.15, 0.2) is 54.6 Å². The lowest BCUT2D eigenvalue weighted by atomic mass is 9.99. The van der Waals surface area contributed by atoms with Crippen LogP contribution in [0.3, 0.4) is 0 Å². The molecule has 9 nitrogen and oxygen atoms in total. The number of piperidine rings is 1. The number of pyridine rings is 1. The van der Waals surface area contributed by atoms with Crippen molar-refractivity contribution in [3.8, 4) is 22.8 Å². The number of rotatable bonds is 5. The third-order valence-corrected chi connectivity index (χ3v) is 10.4. The summed E-state index contributed by atoms with van der Waals surface area (Å²) in [5.41, 5.74) is 14.9. The molecule has 222 valence electrons. The lowest BCUT2D eigenvalue weighted by molar-refractivity contribution is -0.116. The molecule has 1 saturated heterocycles. The largest absolute Gasteiger partial charge is 0.334 e. The second-order valence-electron chi connectivity index (χ2n) is 13.3. The Hall–Kier alpha value is -4.50. The van der Waals surface area contributed by atoms with E-state index in [0.29, 0.717) is 23.8 Å². The Bertz CT molecular complexity index is 2020. The predicted molar refractivity (Wildman–Crippen MR) is 170 cm³/mol. The summed E-state index contributed by atoms with van der Waals surface area (Å²) >= 11 is 0. The van der Waals surface area contributed by atoms with Crippen LogP contribution in [0, 0.1) is 11.8 Å². The number of aromatic nitrogens is 4. The number of carbonyl (C=O) groups excluding carboxylic acids is 2. The second-order valence-corrected chi connectivity index (χ2v) is 13.3. The van der Waals surface area contributed by atoms with Crippen LogP contribution in [-0.2, 0) is 24.8 Å². The molecule has 2 bridgehead atoms. The van der Waals surface area contributed by atoms with Gasteiger partial charge in [0, 0.05) is 60.8 Å². The first-order chi connectivity index (χ1) is 21.4. The number of hydrogen-bond acceptors (Lipinski definition) is 5. The minimum Gasteiger partial charge on any atom is -0.334 e. The van der Waals surface area contributed by atoms with Crippen LogP contribution in [0.4, 0.5) is 5.69 Å². The van der Waals surface area contributed by atoms with Crippen LogP contribution in [0.1, 0.15) is 48.0 Å². The molecule has 2 aromatic carbocycles. The minimum atomic E-state index is 0.0610. The molecule has 3 aromatic heterocycles. The van der Waals surface area contributed by atoms with E-state index in [1.807, 2.05) is 35.2 Å². The minimum absolute atomic E-state index is 0.0610. The molecule has 4 aliphatic rings. The van der Waals surface area contributed by atoms with Gasteiger partial charge in [-0.25, -0.2) is 9.97 Å². The van der Waals surface area contributed by atoms with Gasteiger partial charge in [0.25, 0.3) is 5.91 Å². The molecule has 2 aliphatic heterocycles. The highest BCUT2D eigenvalue weighted by atomic mass is 16.2. The zero-order chi connectivity index (χ0) is 29.7. The maximum Gasteiger partial charge on any atom is 0.254 e. The number of imidazole rings is 1. The lowest BCUT2D eigenvalue weighted by Crippen LogP contribution is -2.41. The van der Waals surface area contributed by atoms with Gasteiger partial charge >= 0.3 is 0 Å². The standard InChI is InChI=1S/C35H35N7O2/c1-40-28-11-6-23(35(44)42-18-24-7-12-29(42)32(24)36)15-27(28)39-34(40)30-16-22-5-10-26(38-33(22)41(30)17-19-2-3-19)20-4-9-25-21(14-20)8-13-31(43)37-25/h4-6,9-11,14-16,19,24,29,32H,2-3,7-8,12-13,17-18,36H2,1H3,(H,37,43)/t24-,29-,32-/m1/s1. The van der Waals surface area contributed by atoms with E-state index >= 15 is 0 Å². The van der Waals surface area contributed by atoms with E-state index in [2.05, 4.69) is 45.8 Å². The third-order valence-electron chi connectivity index (χ3n) is 10.4. The van der Waals surface area contributed by atoms with Gasteiger partial charge in [0.15, 0.2) is 5.82 Å². The van der Waals surface area contributed by atoms with Gasteiger partial charge in [-0.2, -0.15) is 0 Å². The summed E-state index contributed by atoms with van der Waals surface area (Å²) in [5, 5.41) is 4.06. The van der Waals surface area contributed by atoms with Crippen molar-refractivity contribution in [2.45, 2.75) is 57.2 Å². The van der Waals surface area contributed by atoms with Crippen molar-refractivity contribution in [3.63, 3.8) is 0 Å². The Morgan fingerprint density at radius 3 is 2.68 bits per heavy atom. The van der Waals surface area contributed by atoms with Gasteiger partial charge < -0.3 is 25.1 Å². The van der Waals surface area contributed by atoms with Crippen LogP contribution >= 0.6 is 0 Å². The number of aryl methyl sites for hydroxylation is 2. The number of hydrogen-bond donors (Lipinski definition) is 2. The molecule has 0 spiro atoms. The molecule has 5 heterocycles. The SMILES string of the molecule is Cn1c(-c2cc3ccc(-c4ccc5c(c4)CCC(=O)N5)nc3n2CC2CC2)nc2cc(C(=O)N3C[C@H]4CC[C@@H]3[C@@H]4N)ccc21. The number of nitrogens with two attached hydrogens (primary N) is 1. The highest BCUT2D eigenvalue weighted by Gasteiger charge is 2.46. The number of benzene rings is 2. The monoisotopic (exact) mass is 585 g/mol. The van der Waals surface area contributed by atoms with Crippen molar-refractivity contribution in [1.29, 1.82) is 0 Å². The van der Waals surface area contributed by atoms with E-state index in [4.69, 9.17) is 15.7 Å². The number of nitrogens with zero attached hydrogens (tertiary/aromatic N) is 5. The number of fused-ring (bicyclic) bond motifs is 5. The number of carbonyl (C=O) groups is 2. The fourth-order valence-corrected chi connectivity index (χ4v) is 7.77. The van der Waals surface area contributed by atoms with Crippen molar-refractivity contribution in [3.05, 3.63) is 65.7 Å². The number of likely N-dealkylation sites (tertiary alicyclic amines) is 1. The van der Waals surface area contributed by atoms with Crippen LogP contribution in [0.2, 0.25) is 0 Å². The van der Waals surface area contributed by atoms with Crippen LogP contribution in [0.25, 0.3) is 44.8 Å². The third kappa shape index (κ3) is 4.02. The van der Waals surface area contributed by atoms with Gasteiger partial charge in [-0.05, 0) is 98.0 Å². The average Bonchev–Trinajstić information content (AvgIpc) is 3.45. The van der Waals surface area contributed by atoms with Crippen LogP contribution in [-0.4, -0.2) is 54.4 Å². The first-order valence-electron chi connectivity index (χ1n) is 15.9. The first-order valence-corrected chi connectivity index (χ1v) is 15.9. The van der Waals surface area contributed by atoms with Crippen molar-refractivity contribution in [2.24, 2.45) is 24.6 Å². The highest BCUT2D eigenvalue weighted by Crippen LogP contribution is 2.39. The number of nitrogens with one attached hydrogen (secondary N) is 1. The average molecular weight is 586 g/mol. The topological polar surface area (TPSA) is 111 Å². The van der Waals surface area contributed by atoms with E-state index in [1.165, 1.54) is 12.8 Å². The molecule has 2 amide bonds. The molecule has 3 atom stereocenters. The van der Waals surface area contributed by atoms with Gasteiger partial charge in [0.1, 0.15) is 5.65 Å². The molecule has 0 radical (unpaired) electrons. The van der Waals surface area contributed by atoms with Crippen molar-refractivity contribution >= 4 is 39.6 Å². The second kappa shape index (κ2) is 9.50. The van der Waals surface area contributed by atoms with Gasteiger partial charge in [-0.15, -0.1) is 0 Å². The molecular weight excluding hydrogens is 550 g/mol. The molecule has 9 rings (SSSR count). The summed E-state index contributed by atoms with van der Waals surface area (Å²) in [5.74, 6) is 2.07. The zero-order valence-corrected chi connectivity index (χ0v) is 24.8. The van der Waals surface area contributed by atoms with E-state index in [-0.39, 0.29) is 23.9 Å². The Balaban J connectivity index is 1.10.